The molecule has 1 heterocycles. The van der Waals surface area contributed by atoms with E-state index in [1.165, 1.54) is 11.3 Å². The maximum atomic E-state index is 12.2. The van der Waals surface area contributed by atoms with Crippen LogP contribution in [0.1, 0.15) is 4.88 Å². The summed E-state index contributed by atoms with van der Waals surface area (Å²) >= 11 is 13.8. The van der Waals surface area contributed by atoms with E-state index in [0.717, 1.165) is 9.35 Å². The molecule has 20 heavy (non-hydrogen) atoms. The molecule has 0 aliphatic carbocycles. The number of hydrogen-bond donors (Lipinski definition) is 1. The Morgan fingerprint density at radius 3 is 2.55 bits per heavy atom. The fourth-order valence-electron chi connectivity index (χ4n) is 1.57. The van der Waals surface area contributed by atoms with Gasteiger partial charge in [-0.15, -0.1) is 11.3 Å². The zero-order valence-corrected chi connectivity index (χ0v) is 15.6. The van der Waals surface area contributed by atoms with Gasteiger partial charge in [0.05, 0.1) is 9.23 Å². The van der Waals surface area contributed by atoms with Crippen LogP contribution >= 0.6 is 54.8 Å². The first-order valence-electron chi connectivity index (χ1n) is 5.57. The van der Waals surface area contributed by atoms with Crippen molar-refractivity contribution in [2.75, 3.05) is 6.54 Å². The highest BCUT2D eigenvalue weighted by Crippen LogP contribution is 2.26. The van der Waals surface area contributed by atoms with Crippen molar-refractivity contribution in [3.05, 3.63) is 48.5 Å². The number of hydrogen-bond acceptors (Lipinski definition) is 3. The van der Waals surface area contributed by atoms with Crippen molar-refractivity contribution in [1.29, 1.82) is 0 Å². The number of thiophene rings is 1. The van der Waals surface area contributed by atoms with Gasteiger partial charge in [-0.1, -0.05) is 27.5 Å². The Hall–Kier alpha value is 0.0800. The molecule has 0 saturated carbocycles. The monoisotopic (exact) mass is 457 g/mol. The molecule has 0 unspecified atom stereocenters. The largest absolute Gasteiger partial charge is 0.241 e. The molecule has 108 valence electrons. The van der Waals surface area contributed by atoms with E-state index in [9.17, 15) is 8.42 Å². The van der Waals surface area contributed by atoms with Crippen LogP contribution in [-0.4, -0.2) is 15.0 Å². The number of benzene rings is 1. The first-order chi connectivity index (χ1) is 9.38. The molecule has 8 heteroatoms. The third kappa shape index (κ3) is 4.29. The molecule has 0 fully saturated rings. The number of sulfonamides is 1. The summed E-state index contributed by atoms with van der Waals surface area (Å²) in [6.45, 7) is 0.335. The maximum Gasteiger partial charge on any atom is 0.241 e. The second-order valence-electron chi connectivity index (χ2n) is 3.93. The van der Waals surface area contributed by atoms with Crippen LogP contribution in [0.2, 0.25) is 4.34 Å². The molecule has 2 aromatic rings. The van der Waals surface area contributed by atoms with E-state index >= 15 is 0 Å². The van der Waals surface area contributed by atoms with Gasteiger partial charge < -0.3 is 0 Å². The summed E-state index contributed by atoms with van der Waals surface area (Å²) < 4.78 is 29.0. The normalized spacial score (nSPS) is 11.8. The predicted octanol–water partition coefficient (Wildman–Crippen LogP) is 4.45. The molecule has 1 aromatic heterocycles. The molecule has 2 rings (SSSR count). The third-order valence-electron chi connectivity index (χ3n) is 2.48. The zero-order chi connectivity index (χ0) is 14.8. The minimum atomic E-state index is -3.52. The first kappa shape index (κ1) is 16.5. The Labute approximate surface area is 143 Å². The van der Waals surface area contributed by atoms with Crippen molar-refractivity contribution in [2.45, 2.75) is 11.3 Å². The SMILES string of the molecule is O=S(=O)(NCCc1ccc(Cl)s1)c1ccc(Br)cc1Br. The Morgan fingerprint density at radius 1 is 1.20 bits per heavy atom. The van der Waals surface area contributed by atoms with Gasteiger partial charge in [0.25, 0.3) is 0 Å². The van der Waals surface area contributed by atoms with Crippen LogP contribution in [-0.2, 0) is 16.4 Å². The Balaban J connectivity index is 2.04. The minimum absolute atomic E-state index is 0.227. The van der Waals surface area contributed by atoms with Crippen molar-refractivity contribution < 1.29 is 8.42 Å². The topological polar surface area (TPSA) is 46.2 Å². The predicted molar refractivity (Wildman–Crippen MR) is 90.1 cm³/mol. The van der Waals surface area contributed by atoms with Crippen molar-refractivity contribution in [2.24, 2.45) is 0 Å². The second kappa shape index (κ2) is 6.89. The lowest BCUT2D eigenvalue weighted by molar-refractivity contribution is 0.581. The molecule has 0 saturated heterocycles. The summed E-state index contributed by atoms with van der Waals surface area (Å²) in [6, 6.07) is 8.66. The summed E-state index contributed by atoms with van der Waals surface area (Å²) in [5.74, 6) is 0. The van der Waals surface area contributed by atoms with Crippen LogP contribution in [0.15, 0.2) is 44.2 Å². The molecular formula is C12H10Br2ClNO2S2. The molecule has 1 aromatic carbocycles. The van der Waals surface area contributed by atoms with Crippen LogP contribution in [0.4, 0.5) is 0 Å². The van der Waals surface area contributed by atoms with E-state index in [4.69, 9.17) is 11.6 Å². The quantitative estimate of drug-likeness (QED) is 0.718. The fraction of sp³-hybridized carbons (Fsp3) is 0.167. The summed E-state index contributed by atoms with van der Waals surface area (Å²) in [5.41, 5.74) is 0. The lowest BCUT2D eigenvalue weighted by Crippen LogP contribution is -2.26. The molecule has 0 bridgehead atoms. The lowest BCUT2D eigenvalue weighted by atomic mass is 10.3. The number of rotatable bonds is 5. The summed E-state index contributed by atoms with van der Waals surface area (Å²) in [5, 5.41) is 0. The van der Waals surface area contributed by atoms with E-state index in [1.54, 1.807) is 24.3 Å². The zero-order valence-electron chi connectivity index (χ0n) is 10.1. The summed E-state index contributed by atoms with van der Waals surface area (Å²) in [6.07, 6.45) is 0.616. The molecule has 0 atom stereocenters. The molecular weight excluding hydrogens is 450 g/mol. The molecule has 1 N–H and O–H groups in total. The third-order valence-corrected chi connectivity index (χ3v) is 6.70. The van der Waals surface area contributed by atoms with Crippen molar-refractivity contribution >= 4 is 64.8 Å². The first-order valence-corrected chi connectivity index (χ1v) is 9.84. The molecule has 0 radical (unpaired) electrons. The highest BCUT2D eigenvalue weighted by Gasteiger charge is 2.17. The van der Waals surface area contributed by atoms with Gasteiger partial charge >= 0.3 is 0 Å². The Bertz CT molecular complexity index is 716. The van der Waals surface area contributed by atoms with Crippen molar-refractivity contribution in [3.8, 4) is 0 Å². The van der Waals surface area contributed by atoms with Gasteiger partial charge in [0.15, 0.2) is 0 Å². The van der Waals surface area contributed by atoms with Gasteiger partial charge in [-0.25, -0.2) is 13.1 Å². The molecule has 0 aliphatic rings. The second-order valence-corrected chi connectivity index (χ2v) is 9.23. The summed E-state index contributed by atoms with van der Waals surface area (Å²) in [7, 11) is -3.52. The van der Waals surface area contributed by atoms with Crippen molar-refractivity contribution in [1.82, 2.24) is 4.72 Å². The smallest absolute Gasteiger partial charge is 0.211 e. The van der Waals surface area contributed by atoms with E-state index < -0.39 is 10.0 Å². The average molecular weight is 460 g/mol. The van der Waals surface area contributed by atoms with Crippen LogP contribution in [0.25, 0.3) is 0 Å². The fourth-order valence-corrected chi connectivity index (χ4v) is 5.43. The number of nitrogens with one attached hydrogen (secondary N) is 1. The van der Waals surface area contributed by atoms with Crippen LogP contribution < -0.4 is 4.72 Å². The highest BCUT2D eigenvalue weighted by molar-refractivity contribution is 9.11. The van der Waals surface area contributed by atoms with Gasteiger partial charge in [-0.05, 0) is 52.7 Å². The van der Waals surface area contributed by atoms with Gasteiger partial charge in [-0.2, -0.15) is 0 Å². The van der Waals surface area contributed by atoms with E-state index in [2.05, 4.69) is 36.6 Å². The van der Waals surface area contributed by atoms with E-state index in [1.807, 2.05) is 6.07 Å². The van der Waals surface area contributed by atoms with Gasteiger partial charge in [0, 0.05) is 20.4 Å². The minimum Gasteiger partial charge on any atom is -0.211 e. The van der Waals surface area contributed by atoms with Crippen LogP contribution in [0.3, 0.4) is 0 Å². The van der Waals surface area contributed by atoms with Gasteiger partial charge in [-0.3, -0.25) is 0 Å². The number of halogens is 3. The van der Waals surface area contributed by atoms with Crippen molar-refractivity contribution in [3.63, 3.8) is 0 Å². The Morgan fingerprint density at radius 2 is 1.95 bits per heavy atom. The van der Waals surface area contributed by atoms with E-state index in [-0.39, 0.29) is 4.90 Å². The Kier molecular flexibility index (Phi) is 5.67. The standard InChI is InChI=1S/C12H10Br2ClNO2S2/c13-8-1-3-11(10(14)7-8)20(17,18)16-6-5-9-2-4-12(15)19-9/h1-4,7,16H,5-6H2. The maximum absolute atomic E-state index is 12.2. The molecule has 0 spiro atoms. The van der Waals surface area contributed by atoms with Gasteiger partial charge in [0.2, 0.25) is 10.0 Å². The summed E-state index contributed by atoms with van der Waals surface area (Å²) in [4.78, 5) is 1.28. The molecule has 3 nitrogen and oxygen atoms in total. The van der Waals surface area contributed by atoms with Crippen LogP contribution in [0.5, 0.6) is 0 Å². The lowest BCUT2D eigenvalue weighted by Gasteiger charge is -2.08. The van der Waals surface area contributed by atoms with Gasteiger partial charge in [0.1, 0.15) is 0 Å². The molecule has 0 aliphatic heterocycles. The average Bonchev–Trinajstić information content (AvgIpc) is 2.74. The highest BCUT2D eigenvalue weighted by atomic mass is 79.9. The molecule has 0 amide bonds. The van der Waals surface area contributed by atoms with Crippen LogP contribution in [0, 0.1) is 0 Å². The van der Waals surface area contributed by atoms with E-state index in [0.29, 0.717) is 21.8 Å².